The summed E-state index contributed by atoms with van der Waals surface area (Å²) < 4.78 is 4.84. The van der Waals surface area contributed by atoms with E-state index in [4.69, 9.17) is 4.74 Å². The number of fused-ring (bicyclic) bond motifs is 1. The van der Waals surface area contributed by atoms with Gasteiger partial charge in [0, 0.05) is 6.07 Å². The van der Waals surface area contributed by atoms with Crippen LogP contribution in [-0.2, 0) is 4.74 Å². The van der Waals surface area contributed by atoms with Crippen LogP contribution in [0.25, 0.3) is 11.0 Å². The van der Waals surface area contributed by atoms with E-state index in [1.807, 2.05) is 0 Å². The number of aromatic nitrogens is 3. The molecule has 2 rings (SSSR count). The van der Waals surface area contributed by atoms with Gasteiger partial charge in [-0.3, -0.25) is 4.79 Å². The normalized spacial score (nSPS) is 10.6. The molecular weight excluding hydrogens is 234 g/mol. The van der Waals surface area contributed by atoms with Crippen LogP contribution in [-0.4, -0.2) is 27.5 Å². The summed E-state index contributed by atoms with van der Waals surface area (Å²) in [5.74, 6) is -0.0259. The zero-order valence-corrected chi connectivity index (χ0v) is 10.4. The average Bonchev–Trinajstić information content (AvgIpc) is 2.27. The summed E-state index contributed by atoms with van der Waals surface area (Å²) in [4.78, 5) is 34.6. The van der Waals surface area contributed by atoms with Gasteiger partial charge in [-0.1, -0.05) is 0 Å². The standard InChI is InChI=1S/C12H13N3O3/c1-4-18-12(17)8-5-9(16)10-6(2)13-7(3)14-11(10)15-8/h5H,4H2,1-3H3,(H,13,14,15,16). The highest BCUT2D eigenvalue weighted by molar-refractivity contribution is 5.90. The number of rotatable bonds is 2. The second-order valence-electron chi connectivity index (χ2n) is 3.85. The first-order valence-corrected chi connectivity index (χ1v) is 5.58. The van der Waals surface area contributed by atoms with Gasteiger partial charge in [-0.15, -0.1) is 0 Å². The van der Waals surface area contributed by atoms with Crippen LogP contribution in [0.5, 0.6) is 0 Å². The number of aryl methyl sites for hydroxylation is 2. The Morgan fingerprint density at radius 3 is 2.78 bits per heavy atom. The lowest BCUT2D eigenvalue weighted by molar-refractivity contribution is 0.0519. The first kappa shape index (κ1) is 12.2. The van der Waals surface area contributed by atoms with Crippen molar-refractivity contribution in [2.45, 2.75) is 20.8 Å². The molecule has 0 radical (unpaired) electrons. The summed E-state index contributed by atoms with van der Waals surface area (Å²) in [7, 11) is 0. The van der Waals surface area contributed by atoms with Crippen molar-refractivity contribution in [3.8, 4) is 0 Å². The van der Waals surface area contributed by atoms with Crippen molar-refractivity contribution in [2.24, 2.45) is 0 Å². The van der Waals surface area contributed by atoms with Gasteiger partial charge in [0.15, 0.2) is 5.43 Å². The smallest absolute Gasteiger partial charge is 0.354 e. The lowest BCUT2D eigenvalue weighted by Crippen LogP contribution is -2.15. The third-order valence-corrected chi connectivity index (χ3v) is 2.47. The molecule has 2 aromatic heterocycles. The minimum absolute atomic E-state index is 0.104. The molecule has 0 aliphatic rings. The number of nitrogens with one attached hydrogen (secondary N) is 1. The van der Waals surface area contributed by atoms with Crippen LogP contribution in [0.1, 0.15) is 28.9 Å². The van der Waals surface area contributed by atoms with E-state index in [9.17, 15) is 9.59 Å². The molecule has 0 atom stereocenters. The van der Waals surface area contributed by atoms with E-state index in [1.165, 1.54) is 6.07 Å². The van der Waals surface area contributed by atoms with Gasteiger partial charge in [0.1, 0.15) is 17.2 Å². The zero-order valence-electron chi connectivity index (χ0n) is 10.4. The second kappa shape index (κ2) is 4.56. The Hall–Kier alpha value is -2.24. The van der Waals surface area contributed by atoms with Crippen molar-refractivity contribution in [2.75, 3.05) is 6.61 Å². The van der Waals surface area contributed by atoms with Gasteiger partial charge in [0.05, 0.1) is 17.7 Å². The van der Waals surface area contributed by atoms with Gasteiger partial charge >= 0.3 is 5.97 Å². The van der Waals surface area contributed by atoms with Crippen molar-refractivity contribution in [3.63, 3.8) is 0 Å². The molecule has 6 heteroatoms. The summed E-state index contributed by atoms with van der Waals surface area (Å²) in [6.07, 6.45) is 0. The van der Waals surface area contributed by atoms with Crippen LogP contribution >= 0.6 is 0 Å². The summed E-state index contributed by atoms with van der Waals surface area (Å²) in [5.41, 5.74) is 0.765. The van der Waals surface area contributed by atoms with Crippen LogP contribution in [0.15, 0.2) is 10.9 Å². The van der Waals surface area contributed by atoms with Crippen molar-refractivity contribution < 1.29 is 9.53 Å². The van der Waals surface area contributed by atoms with Crippen molar-refractivity contribution in [1.29, 1.82) is 0 Å². The van der Waals surface area contributed by atoms with E-state index in [0.29, 0.717) is 22.6 Å². The van der Waals surface area contributed by atoms with Gasteiger partial charge in [-0.25, -0.2) is 14.8 Å². The highest BCUT2D eigenvalue weighted by atomic mass is 16.5. The number of pyridine rings is 1. The van der Waals surface area contributed by atoms with Gasteiger partial charge in [0.2, 0.25) is 0 Å². The molecule has 0 amide bonds. The maximum Gasteiger partial charge on any atom is 0.354 e. The van der Waals surface area contributed by atoms with Gasteiger partial charge in [-0.2, -0.15) is 0 Å². The number of hydrogen-bond donors (Lipinski definition) is 1. The highest BCUT2D eigenvalue weighted by Gasteiger charge is 2.13. The van der Waals surface area contributed by atoms with E-state index < -0.39 is 5.97 Å². The molecular formula is C12H13N3O3. The topological polar surface area (TPSA) is 84.9 Å². The Morgan fingerprint density at radius 2 is 2.11 bits per heavy atom. The number of nitrogens with zero attached hydrogens (tertiary/aromatic N) is 2. The van der Waals surface area contributed by atoms with Crippen LogP contribution in [0.2, 0.25) is 0 Å². The molecule has 0 aromatic carbocycles. The maximum atomic E-state index is 11.9. The maximum absolute atomic E-state index is 11.9. The lowest BCUT2D eigenvalue weighted by Gasteiger charge is -2.05. The first-order chi connectivity index (χ1) is 8.52. The van der Waals surface area contributed by atoms with Crippen LogP contribution in [0.3, 0.4) is 0 Å². The number of ether oxygens (including phenoxy) is 1. The molecule has 6 nitrogen and oxygen atoms in total. The SMILES string of the molecule is CCOC(=O)c1cc(=O)c2c(C)nc(C)nc2[nH]1. The fourth-order valence-corrected chi connectivity index (χ4v) is 1.78. The van der Waals surface area contributed by atoms with Crippen molar-refractivity contribution in [1.82, 2.24) is 15.0 Å². The Morgan fingerprint density at radius 1 is 1.39 bits per heavy atom. The third kappa shape index (κ3) is 2.09. The van der Waals surface area contributed by atoms with Crippen molar-refractivity contribution >= 4 is 17.0 Å². The molecule has 0 saturated heterocycles. The lowest BCUT2D eigenvalue weighted by atomic mass is 10.2. The van der Waals surface area contributed by atoms with Gasteiger partial charge in [0.25, 0.3) is 0 Å². The molecule has 94 valence electrons. The number of H-pyrrole nitrogens is 1. The van der Waals surface area contributed by atoms with Crippen LogP contribution in [0, 0.1) is 13.8 Å². The number of carbonyl (C=O) groups is 1. The summed E-state index contributed by atoms with van der Waals surface area (Å²) in [6.45, 7) is 5.41. The molecule has 1 N–H and O–H groups in total. The van der Waals surface area contributed by atoms with E-state index >= 15 is 0 Å². The minimum Gasteiger partial charge on any atom is -0.461 e. The Kier molecular flexibility index (Phi) is 3.10. The molecule has 2 heterocycles. The molecule has 2 aromatic rings. The quantitative estimate of drug-likeness (QED) is 0.803. The Labute approximate surface area is 103 Å². The van der Waals surface area contributed by atoms with E-state index in [-0.39, 0.29) is 17.7 Å². The van der Waals surface area contributed by atoms with E-state index in [0.717, 1.165) is 0 Å². The number of hydrogen-bond acceptors (Lipinski definition) is 5. The van der Waals surface area contributed by atoms with Gasteiger partial charge < -0.3 is 9.72 Å². The van der Waals surface area contributed by atoms with Crippen molar-refractivity contribution in [3.05, 3.63) is 33.5 Å². The minimum atomic E-state index is -0.564. The number of esters is 1. The first-order valence-electron chi connectivity index (χ1n) is 5.58. The fourth-order valence-electron chi connectivity index (χ4n) is 1.78. The van der Waals surface area contributed by atoms with Gasteiger partial charge in [-0.05, 0) is 20.8 Å². The molecule has 0 unspecified atom stereocenters. The van der Waals surface area contributed by atoms with Crippen LogP contribution < -0.4 is 5.43 Å². The molecule has 0 fully saturated rings. The highest BCUT2D eigenvalue weighted by Crippen LogP contribution is 2.10. The average molecular weight is 247 g/mol. The fraction of sp³-hybridized carbons (Fsp3) is 0.333. The Balaban J connectivity index is 2.69. The molecule has 0 bridgehead atoms. The third-order valence-electron chi connectivity index (χ3n) is 2.47. The molecule has 18 heavy (non-hydrogen) atoms. The van der Waals surface area contributed by atoms with E-state index in [2.05, 4.69) is 15.0 Å². The van der Waals surface area contributed by atoms with Crippen LogP contribution in [0.4, 0.5) is 0 Å². The summed E-state index contributed by atoms with van der Waals surface area (Å²) >= 11 is 0. The number of carbonyl (C=O) groups excluding carboxylic acids is 1. The van der Waals surface area contributed by atoms with E-state index in [1.54, 1.807) is 20.8 Å². The zero-order chi connectivity index (χ0) is 13.3. The largest absolute Gasteiger partial charge is 0.461 e. The molecule has 0 saturated carbocycles. The predicted octanol–water partition coefficient (Wildman–Crippen LogP) is 1.11. The Bertz CT molecular complexity index is 676. The summed E-state index contributed by atoms with van der Waals surface area (Å²) in [6, 6.07) is 1.21. The number of aromatic amines is 1. The molecule has 0 aliphatic carbocycles. The molecule has 0 spiro atoms. The second-order valence-corrected chi connectivity index (χ2v) is 3.85. The molecule has 0 aliphatic heterocycles. The predicted molar refractivity (Wildman–Crippen MR) is 65.6 cm³/mol. The summed E-state index contributed by atoms with van der Waals surface area (Å²) in [5, 5.41) is 0.397. The monoisotopic (exact) mass is 247 g/mol.